The molecule has 1 heterocycles. The zero-order chi connectivity index (χ0) is 15.2. The van der Waals surface area contributed by atoms with E-state index in [-0.39, 0.29) is 24.3 Å². The van der Waals surface area contributed by atoms with Crippen molar-refractivity contribution >= 4 is 0 Å². The summed E-state index contributed by atoms with van der Waals surface area (Å²) in [6.45, 7) is 4.08. The predicted octanol–water partition coefficient (Wildman–Crippen LogP) is 2.89. The van der Waals surface area contributed by atoms with Crippen LogP contribution >= 0.6 is 0 Å². The molecular weight excluding hydrogens is 276 g/mol. The number of halogens is 2. The first-order valence-electron chi connectivity index (χ1n) is 7.54. The standard InChI is InChI=1S/C16H23F2NO2/c1-12(16-14(17)4-2-5-15(16)18)19-8-6-13(7-9-19)21-11-3-10-20/h2,4-5,12-13,20H,3,6-11H2,1H3. The van der Waals surface area contributed by atoms with E-state index in [1.54, 1.807) is 0 Å². The number of ether oxygens (including phenoxy) is 1. The van der Waals surface area contributed by atoms with Crippen LogP contribution in [0.15, 0.2) is 18.2 Å². The van der Waals surface area contributed by atoms with E-state index < -0.39 is 11.6 Å². The third-order valence-electron chi connectivity index (χ3n) is 4.10. The summed E-state index contributed by atoms with van der Waals surface area (Å²) in [4.78, 5) is 2.09. The van der Waals surface area contributed by atoms with Gasteiger partial charge in [0.05, 0.1) is 6.10 Å². The third kappa shape index (κ3) is 4.22. The molecular formula is C16H23F2NO2. The molecule has 0 saturated carbocycles. The fraction of sp³-hybridized carbons (Fsp3) is 0.625. The second-order valence-electron chi connectivity index (χ2n) is 5.49. The molecule has 0 amide bonds. The number of aliphatic hydroxyl groups is 1. The molecule has 3 nitrogen and oxygen atoms in total. The number of piperidine rings is 1. The van der Waals surface area contributed by atoms with Gasteiger partial charge in [-0.05, 0) is 38.3 Å². The summed E-state index contributed by atoms with van der Waals surface area (Å²) < 4.78 is 33.3. The normalized spacial score (nSPS) is 18.9. The van der Waals surface area contributed by atoms with E-state index in [2.05, 4.69) is 4.90 Å². The second-order valence-corrected chi connectivity index (χ2v) is 5.49. The van der Waals surface area contributed by atoms with Gasteiger partial charge in [0.25, 0.3) is 0 Å². The highest BCUT2D eigenvalue weighted by molar-refractivity contribution is 5.23. The van der Waals surface area contributed by atoms with Crippen molar-refractivity contribution in [3.63, 3.8) is 0 Å². The predicted molar refractivity (Wildman–Crippen MR) is 77.0 cm³/mol. The minimum atomic E-state index is -0.483. The molecule has 1 aliphatic heterocycles. The number of likely N-dealkylation sites (tertiary alicyclic amines) is 1. The van der Waals surface area contributed by atoms with Gasteiger partial charge in [-0.15, -0.1) is 0 Å². The van der Waals surface area contributed by atoms with E-state index in [1.807, 2.05) is 6.92 Å². The molecule has 21 heavy (non-hydrogen) atoms. The molecule has 0 spiro atoms. The number of rotatable bonds is 6. The SMILES string of the molecule is CC(c1c(F)cccc1F)N1CCC(OCCCO)CC1. The highest BCUT2D eigenvalue weighted by Crippen LogP contribution is 2.28. The lowest BCUT2D eigenvalue weighted by Crippen LogP contribution is -2.39. The van der Waals surface area contributed by atoms with Gasteiger partial charge in [-0.2, -0.15) is 0 Å². The van der Waals surface area contributed by atoms with Crippen LogP contribution in [-0.4, -0.2) is 42.4 Å². The van der Waals surface area contributed by atoms with Crippen molar-refractivity contribution in [2.75, 3.05) is 26.3 Å². The van der Waals surface area contributed by atoms with Gasteiger partial charge in [-0.3, -0.25) is 4.90 Å². The molecule has 0 aromatic heterocycles. The van der Waals surface area contributed by atoms with Crippen molar-refractivity contribution in [2.45, 2.75) is 38.3 Å². The van der Waals surface area contributed by atoms with Crippen LogP contribution in [0.4, 0.5) is 8.78 Å². The summed E-state index contributed by atoms with van der Waals surface area (Å²) in [5.74, 6) is -0.965. The largest absolute Gasteiger partial charge is 0.396 e. The Morgan fingerprint density at radius 3 is 2.48 bits per heavy atom. The average Bonchev–Trinajstić information content (AvgIpc) is 2.48. The quantitative estimate of drug-likeness (QED) is 0.820. The zero-order valence-corrected chi connectivity index (χ0v) is 12.4. The minimum absolute atomic E-state index is 0.141. The van der Waals surface area contributed by atoms with Crippen LogP contribution in [0.3, 0.4) is 0 Å². The maximum Gasteiger partial charge on any atom is 0.130 e. The summed E-state index contributed by atoms with van der Waals surface area (Å²) >= 11 is 0. The van der Waals surface area contributed by atoms with E-state index in [0.717, 1.165) is 25.9 Å². The Morgan fingerprint density at radius 1 is 1.29 bits per heavy atom. The van der Waals surface area contributed by atoms with E-state index in [1.165, 1.54) is 18.2 Å². The molecule has 1 unspecified atom stereocenters. The zero-order valence-electron chi connectivity index (χ0n) is 12.4. The molecule has 0 aliphatic carbocycles. The van der Waals surface area contributed by atoms with Crippen LogP contribution in [0, 0.1) is 11.6 Å². The van der Waals surface area contributed by atoms with E-state index in [9.17, 15) is 8.78 Å². The lowest BCUT2D eigenvalue weighted by atomic mass is 10.0. The fourth-order valence-corrected chi connectivity index (χ4v) is 2.84. The van der Waals surface area contributed by atoms with Crippen molar-refractivity contribution in [3.05, 3.63) is 35.4 Å². The fourth-order valence-electron chi connectivity index (χ4n) is 2.84. The van der Waals surface area contributed by atoms with Crippen molar-refractivity contribution < 1.29 is 18.6 Å². The number of hydrogen-bond acceptors (Lipinski definition) is 3. The van der Waals surface area contributed by atoms with Crippen molar-refractivity contribution in [1.82, 2.24) is 4.90 Å². The average molecular weight is 299 g/mol. The van der Waals surface area contributed by atoms with Crippen LogP contribution in [0.5, 0.6) is 0 Å². The number of hydrogen-bond donors (Lipinski definition) is 1. The molecule has 2 rings (SSSR count). The Balaban J connectivity index is 1.90. The van der Waals surface area contributed by atoms with Crippen molar-refractivity contribution in [2.24, 2.45) is 0 Å². The summed E-state index contributed by atoms with van der Waals surface area (Å²) in [6.07, 6.45) is 2.54. The molecule has 1 N–H and O–H groups in total. The van der Waals surface area contributed by atoms with Gasteiger partial charge >= 0.3 is 0 Å². The lowest BCUT2D eigenvalue weighted by molar-refractivity contribution is -0.00564. The van der Waals surface area contributed by atoms with Crippen LogP contribution < -0.4 is 0 Å². The minimum Gasteiger partial charge on any atom is -0.396 e. The van der Waals surface area contributed by atoms with Gasteiger partial charge in [0.2, 0.25) is 0 Å². The number of benzene rings is 1. The van der Waals surface area contributed by atoms with Gasteiger partial charge < -0.3 is 9.84 Å². The summed E-state index contributed by atoms with van der Waals surface area (Å²) in [5, 5.41) is 8.73. The highest BCUT2D eigenvalue weighted by atomic mass is 19.1. The molecule has 1 fully saturated rings. The maximum absolute atomic E-state index is 13.8. The molecule has 5 heteroatoms. The molecule has 0 radical (unpaired) electrons. The topological polar surface area (TPSA) is 32.7 Å². The first kappa shape index (κ1) is 16.3. The van der Waals surface area contributed by atoms with Gasteiger partial charge in [-0.25, -0.2) is 8.78 Å². The first-order valence-corrected chi connectivity index (χ1v) is 7.54. The summed E-state index contributed by atoms with van der Waals surface area (Å²) in [7, 11) is 0. The third-order valence-corrected chi connectivity index (χ3v) is 4.10. The van der Waals surface area contributed by atoms with Crippen LogP contribution in [0.1, 0.15) is 37.8 Å². The molecule has 1 aromatic carbocycles. The van der Waals surface area contributed by atoms with Gasteiger partial charge in [-0.1, -0.05) is 6.07 Å². The van der Waals surface area contributed by atoms with Crippen molar-refractivity contribution in [3.8, 4) is 0 Å². The maximum atomic E-state index is 13.8. The lowest BCUT2D eigenvalue weighted by Gasteiger charge is -2.36. The van der Waals surface area contributed by atoms with Gasteiger partial charge in [0, 0.05) is 37.9 Å². The Morgan fingerprint density at radius 2 is 1.90 bits per heavy atom. The molecule has 1 atom stereocenters. The smallest absolute Gasteiger partial charge is 0.130 e. The van der Waals surface area contributed by atoms with Gasteiger partial charge in [0.15, 0.2) is 0 Å². The second kappa shape index (κ2) is 7.82. The van der Waals surface area contributed by atoms with Crippen molar-refractivity contribution in [1.29, 1.82) is 0 Å². The Hall–Kier alpha value is -1.04. The van der Waals surface area contributed by atoms with E-state index in [4.69, 9.17) is 9.84 Å². The summed E-state index contributed by atoms with van der Waals surface area (Å²) in [5.41, 5.74) is 0.150. The van der Waals surface area contributed by atoms with Crippen LogP contribution in [0.2, 0.25) is 0 Å². The summed E-state index contributed by atoms with van der Waals surface area (Å²) in [6, 6.07) is 3.73. The molecule has 0 bridgehead atoms. The Bertz CT molecular complexity index is 428. The first-order chi connectivity index (χ1) is 10.1. The molecule has 118 valence electrons. The van der Waals surface area contributed by atoms with Crippen LogP contribution in [0.25, 0.3) is 0 Å². The number of nitrogens with zero attached hydrogens (tertiary/aromatic N) is 1. The Labute approximate surface area is 124 Å². The molecule has 1 aromatic rings. The number of aliphatic hydroxyl groups excluding tert-OH is 1. The monoisotopic (exact) mass is 299 g/mol. The molecule has 1 aliphatic rings. The van der Waals surface area contributed by atoms with Gasteiger partial charge in [0.1, 0.15) is 11.6 Å². The van der Waals surface area contributed by atoms with E-state index >= 15 is 0 Å². The molecule has 1 saturated heterocycles. The van der Waals surface area contributed by atoms with E-state index in [0.29, 0.717) is 13.0 Å². The highest BCUT2D eigenvalue weighted by Gasteiger charge is 2.27. The Kier molecular flexibility index (Phi) is 6.08. The van der Waals surface area contributed by atoms with Crippen LogP contribution in [-0.2, 0) is 4.74 Å².